The summed E-state index contributed by atoms with van der Waals surface area (Å²) in [6.07, 6.45) is 2.11. The molecule has 6 heteroatoms. The maximum atomic E-state index is 11.9. The molecule has 0 unspecified atom stereocenters. The third-order valence-electron chi connectivity index (χ3n) is 3.04. The van der Waals surface area contributed by atoms with Crippen LogP contribution in [0.1, 0.15) is 43.0 Å². The average molecular weight is 306 g/mol. The molecule has 0 fully saturated rings. The molecule has 0 aliphatic heterocycles. The summed E-state index contributed by atoms with van der Waals surface area (Å²) in [5, 5.41) is 5.38. The van der Waals surface area contributed by atoms with E-state index >= 15 is 0 Å². The van der Waals surface area contributed by atoms with Gasteiger partial charge >= 0.3 is 5.97 Å². The van der Waals surface area contributed by atoms with Crippen molar-refractivity contribution in [1.82, 2.24) is 5.32 Å². The van der Waals surface area contributed by atoms with Gasteiger partial charge in [0.05, 0.1) is 18.4 Å². The summed E-state index contributed by atoms with van der Waals surface area (Å²) in [5.41, 5.74) is 0.663. The van der Waals surface area contributed by atoms with E-state index in [4.69, 9.17) is 0 Å². The lowest BCUT2D eigenvalue weighted by atomic mass is 10.1. The molecule has 0 atom stereocenters. The van der Waals surface area contributed by atoms with Crippen LogP contribution in [0.2, 0.25) is 0 Å². The SMILES string of the molecule is CCCCNC(=O)CCC(=O)Nc1ccccc1C(=O)OC. The Labute approximate surface area is 130 Å². The highest BCUT2D eigenvalue weighted by atomic mass is 16.5. The number of nitrogens with one attached hydrogen (secondary N) is 2. The Morgan fingerprint density at radius 1 is 1.09 bits per heavy atom. The quantitative estimate of drug-likeness (QED) is 0.569. The summed E-state index contributed by atoms with van der Waals surface area (Å²) in [5.74, 6) is -0.986. The Bertz CT molecular complexity index is 529. The minimum absolute atomic E-state index is 0.0630. The van der Waals surface area contributed by atoms with Crippen molar-refractivity contribution >= 4 is 23.5 Å². The molecular formula is C16H22N2O4. The number of para-hydroxylation sites is 1. The number of unbranched alkanes of at least 4 members (excludes halogenated alkanes) is 1. The molecule has 1 aromatic carbocycles. The normalized spacial score (nSPS) is 9.91. The van der Waals surface area contributed by atoms with Gasteiger partial charge in [-0.1, -0.05) is 25.5 Å². The van der Waals surface area contributed by atoms with Gasteiger partial charge in [-0.3, -0.25) is 9.59 Å². The Kier molecular flexibility index (Phi) is 7.67. The third kappa shape index (κ3) is 5.95. The Morgan fingerprint density at radius 2 is 1.77 bits per heavy atom. The number of benzene rings is 1. The zero-order valence-electron chi connectivity index (χ0n) is 13.0. The van der Waals surface area contributed by atoms with E-state index in [2.05, 4.69) is 15.4 Å². The van der Waals surface area contributed by atoms with Crippen LogP contribution >= 0.6 is 0 Å². The second kappa shape index (κ2) is 9.55. The highest BCUT2D eigenvalue weighted by Gasteiger charge is 2.13. The summed E-state index contributed by atoms with van der Waals surface area (Å²) >= 11 is 0. The smallest absolute Gasteiger partial charge is 0.339 e. The summed E-state index contributed by atoms with van der Waals surface area (Å²) in [7, 11) is 1.28. The molecular weight excluding hydrogens is 284 g/mol. The highest BCUT2D eigenvalue weighted by molar-refractivity contribution is 6.01. The summed E-state index contributed by atoms with van der Waals surface area (Å²) in [6, 6.07) is 6.58. The van der Waals surface area contributed by atoms with Gasteiger partial charge in [-0.15, -0.1) is 0 Å². The monoisotopic (exact) mass is 306 g/mol. The van der Waals surface area contributed by atoms with Crippen molar-refractivity contribution in [3.63, 3.8) is 0 Å². The van der Waals surface area contributed by atoms with Gasteiger partial charge < -0.3 is 15.4 Å². The molecule has 0 saturated heterocycles. The van der Waals surface area contributed by atoms with Crippen molar-refractivity contribution in [2.24, 2.45) is 0 Å². The van der Waals surface area contributed by atoms with Crippen LogP contribution < -0.4 is 10.6 Å². The fourth-order valence-electron chi connectivity index (χ4n) is 1.81. The van der Waals surface area contributed by atoms with E-state index < -0.39 is 5.97 Å². The van der Waals surface area contributed by atoms with Gasteiger partial charge in [0, 0.05) is 19.4 Å². The molecule has 0 radical (unpaired) electrons. The number of esters is 1. The summed E-state index contributed by atoms with van der Waals surface area (Å²) in [4.78, 5) is 35.0. The molecule has 0 saturated carbocycles. The number of methoxy groups -OCH3 is 1. The predicted molar refractivity (Wildman–Crippen MR) is 83.6 cm³/mol. The van der Waals surface area contributed by atoms with Crippen LogP contribution in [0.25, 0.3) is 0 Å². The molecule has 0 aromatic heterocycles. The van der Waals surface area contributed by atoms with Crippen LogP contribution in [0.5, 0.6) is 0 Å². The highest BCUT2D eigenvalue weighted by Crippen LogP contribution is 2.16. The van der Waals surface area contributed by atoms with Crippen molar-refractivity contribution < 1.29 is 19.1 Å². The number of carbonyl (C=O) groups is 3. The standard InChI is InChI=1S/C16H22N2O4/c1-3-4-11-17-14(19)9-10-15(20)18-13-8-6-5-7-12(13)16(21)22-2/h5-8H,3-4,9-11H2,1-2H3,(H,17,19)(H,18,20). The van der Waals surface area contributed by atoms with Crippen molar-refractivity contribution in [3.8, 4) is 0 Å². The molecule has 0 spiro atoms. The van der Waals surface area contributed by atoms with Crippen LogP contribution in [-0.4, -0.2) is 31.4 Å². The predicted octanol–water partition coefficient (Wildman–Crippen LogP) is 2.11. The minimum Gasteiger partial charge on any atom is -0.465 e. The van der Waals surface area contributed by atoms with Gasteiger partial charge in [0.25, 0.3) is 0 Å². The second-order valence-corrected chi connectivity index (χ2v) is 4.79. The second-order valence-electron chi connectivity index (χ2n) is 4.79. The van der Waals surface area contributed by atoms with Crippen LogP contribution in [0, 0.1) is 0 Å². The van der Waals surface area contributed by atoms with E-state index in [-0.39, 0.29) is 30.2 Å². The first-order valence-electron chi connectivity index (χ1n) is 7.32. The largest absolute Gasteiger partial charge is 0.465 e. The maximum Gasteiger partial charge on any atom is 0.339 e. The molecule has 1 rings (SSSR count). The fourth-order valence-corrected chi connectivity index (χ4v) is 1.81. The van der Waals surface area contributed by atoms with E-state index in [0.717, 1.165) is 12.8 Å². The summed E-state index contributed by atoms with van der Waals surface area (Å²) < 4.78 is 4.66. The van der Waals surface area contributed by atoms with Crippen LogP contribution in [0.4, 0.5) is 5.69 Å². The molecule has 0 heterocycles. The first-order valence-corrected chi connectivity index (χ1v) is 7.32. The van der Waals surface area contributed by atoms with E-state index in [9.17, 15) is 14.4 Å². The average Bonchev–Trinajstić information content (AvgIpc) is 2.53. The van der Waals surface area contributed by atoms with Crippen molar-refractivity contribution in [2.45, 2.75) is 32.6 Å². The zero-order valence-corrected chi connectivity index (χ0v) is 13.0. The fraction of sp³-hybridized carbons (Fsp3) is 0.438. The number of hydrogen-bond donors (Lipinski definition) is 2. The number of carbonyl (C=O) groups excluding carboxylic acids is 3. The molecule has 0 bridgehead atoms. The molecule has 22 heavy (non-hydrogen) atoms. The van der Waals surface area contributed by atoms with E-state index in [0.29, 0.717) is 12.2 Å². The third-order valence-corrected chi connectivity index (χ3v) is 3.04. The number of anilines is 1. The Hall–Kier alpha value is -2.37. The number of amides is 2. The Morgan fingerprint density at radius 3 is 2.45 bits per heavy atom. The van der Waals surface area contributed by atoms with Crippen molar-refractivity contribution in [3.05, 3.63) is 29.8 Å². The van der Waals surface area contributed by atoms with Crippen molar-refractivity contribution in [2.75, 3.05) is 19.0 Å². The van der Waals surface area contributed by atoms with Gasteiger partial charge in [0.15, 0.2) is 0 Å². The number of hydrogen-bond acceptors (Lipinski definition) is 4. The minimum atomic E-state index is -0.520. The summed E-state index contributed by atoms with van der Waals surface area (Å²) in [6.45, 7) is 2.67. The van der Waals surface area contributed by atoms with E-state index in [1.807, 2.05) is 6.92 Å². The molecule has 2 N–H and O–H groups in total. The number of rotatable bonds is 8. The lowest BCUT2D eigenvalue weighted by molar-refractivity contribution is -0.124. The molecule has 1 aromatic rings. The zero-order chi connectivity index (χ0) is 16.4. The lowest BCUT2D eigenvalue weighted by Crippen LogP contribution is -2.25. The first-order chi connectivity index (χ1) is 10.6. The molecule has 0 aliphatic rings. The molecule has 2 amide bonds. The van der Waals surface area contributed by atoms with Gasteiger partial charge in [0.1, 0.15) is 0 Å². The first kappa shape index (κ1) is 17.7. The van der Waals surface area contributed by atoms with Crippen molar-refractivity contribution in [1.29, 1.82) is 0 Å². The molecule has 120 valence electrons. The Balaban J connectivity index is 2.49. The van der Waals surface area contributed by atoms with Gasteiger partial charge in [-0.2, -0.15) is 0 Å². The van der Waals surface area contributed by atoms with E-state index in [1.165, 1.54) is 7.11 Å². The van der Waals surface area contributed by atoms with Crippen LogP contribution in [0.3, 0.4) is 0 Å². The molecule has 6 nitrogen and oxygen atoms in total. The topological polar surface area (TPSA) is 84.5 Å². The van der Waals surface area contributed by atoms with Gasteiger partial charge in [-0.05, 0) is 18.6 Å². The van der Waals surface area contributed by atoms with Crippen LogP contribution in [0.15, 0.2) is 24.3 Å². The molecule has 0 aliphatic carbocycles. The number of ether oxygens (including phenoxy) is 1. The maximum absolute atomic E-state index is 11.9. The van der Waals surface area contributed by atoms with Gasteiger partial charge in [-0.25, -0.2) is 4.79 Å². The van der Waals surface area contributed by atoms with Crippen LogP contribution in [-0.2, 0) is 14.3 Å². The van der Waals surface area contributed by atoms with E-state index in [1.54, 1.807) is 24.3 Å². The lowest BCUT2D eigenvalue weighted by Gasteiger charge is -2.09. The van der Waals surface area contributed by atoms with Gasteiger partial charge in [0.2, 0.25) is 11.8 Å².